The zero-order valence-electron chi connectivity index (χ0n) is 14.9. The number of carbonyl (C=O) groups excluding carboxylic acids is 1. The van der Waals surface area contributed by atoms with E-state index in [0.29, 0.717) is 18.8 Å². The molecule has 3 aromatic rings. The van der Waals surface area contributed by atoms with E-state index < -0.39 is 4.92 Å². The summed E-state index contributed by atoms with van der Waals surface area (Å²) >= 11 is 2.77. The van der Waals surface area contributed by atoms with Crippen LogP contribution in [0.2, 0.25) is 0 Å². The fourth-order valence-electron chi connectivity index (χ4n) is 3.06. The lowest BCUT2D eigenvalue weighted by Gasteiger charge is -2.30. The van der Waals surface area contributed by atoms with Gasteiger partial charge < -0.3 is 4.90 Å². The summed E-state index contributed by atoms with van der Waals surface area (Å²) in [5, 5.41) is 10.9. The van der Waals surface area contributed by atoms with E-state index in [-0.39, 0.29) is 11.6 Å². The van der Waals surface area contributed by atoms with Crippen LogP contribution in [0.3, 0.4) is 0 Å². The number of hydrogen-bond donors (Lipinski definition) is 0. The number of non-ortho nitro benzene ring substituents is 1. The Bertz CT molecular complexity index is 1000. The Morgan fingerprint density at radius 2 is 2.07 bits per heavy atom. The lowest BCUT2D eigenvalue weighted by molar-refractivity contribution is -0.384. The molecule has 28 heavy (non-hydrogen) atoms. The number of amides is 1. The van der Waals surface area contributed by atoms with Crippen molar-refractivity contribution in [3.05, 3.63) is 52.7 Å². The molecular formula is C18H18N5O3S2+. The van der Waals surface area contributed by atoms with Crippen molar-refractivity contribution in [3.8, 4) is 0 Å². The van der Waals surface area contributed by atoms with Crippen molar-refractivity contribution in [2.75, 3.05) is 36.8 Å². The van der Waals surface area contributed by atoms with Gasteiger partial charge in [-0.25, -0.2) is 9.97 Å². The molecule has 10 heteroatoms. The lowest BCUT2D eigenvalue weighted by Crippen LogP contribution is -2.50. The van der Waals surface area contributed by atoms with Crippen LogP contribution in [0.5, 0.6) is 0 Å². The summed E-state index contributed by atoms with van der Waals surface area (Å²) in [6.07, 6.45) is 1.90. The first-order chi connectivity index (χ1) is 13.6. The van der Waals surface area contributed by atoms with E-state index >= 15 is 0 Å². The number of nitrogens with one attached hydrogen (secondary N) is 1. The van der Waals surface area contributed by atoms with Gasteiger partial charge in [0.15, 0.2) is 4.34 Å². The minimum absolute atomic E-state index is 0.0531. The number of H-pyrrole nitrogens is 1. The molecule has 8 nitrogen and oxygen atoms in total. The van der Waals surface area contributed by atoms with Crippen LogP contribution in [0.25, 0.3) is 10.2 Å². The van der Waals surface area contributed by atoms with Crippen LogP contribution in [0.4, 0.5) is 11.5 Å². The first-order valence-corrected chi connectivity index (χ1v) is 10.6. The number of aromatic amines is 1. The van der Waals surface area contributed by atoms with Crippen molar-refractivity contribution in [1.29, 1.82) is 0 Å². The molecule has 3 heterocycles. The molecule has 0 saturated carbocycles. The molecule has 1 aliphatic heterocycles. The quantitative estimate of drug-likeness (QED) is 0.360. The molecule has 2 aromatic heterocycles. The summed E-state index contributed by atoms with van der Waals surface area (Å²) in [6.45, 7) is 2.96. The van der Waals surface area contributed by atoms with E-state index in [4.69, 9.17) is 0 Å². The largest absolute Gasteiger partial charge is 0.334 e. The van der Waals surface area contributed by atoms with E-state index in [0.717, 1.165) is 33.5 Å². The third-order valence-corrected chi connectivity index (χ3v) is 6.69. The van der Waals surface area contributed by atoms with Gasteiger partial charge in [-0.05, 0) is 12.1 Å². The number of nitrogens with zero attached hydrogens (tertiary/aromatic N) is 4. The summed E-state index contributed by atoms with van der Waals surface area (Å²) < 4.78 is 1.51. The van der Waals surface area contributed by atoms with Crippen LogP contribution in [0.15, 0.2) is 46.9 Å². The van der Waals surface area contributed by atoms with Crippen molar-refractivity contribution in [2.24, 2.45) is 0 Å². The lowest BCUT2D eigenvalue weighted by atomic mass is 10.3. The highest BCUT2D eigenvalue weighted by Crippen LogP contribution is 2.32. The molecule has 0 radical (unpaired) electrons. The number of thioether (sulfide) groups is 1. The highest BCUT2D eigenvalue weighted by molar-refractivity contribution is 8.01. The number of carbonyl (C=O) groups is 1. The van der Waals surface area contributed by atoms with Crippen molar-refractivity contribution < 1.29 is 14.7 Å². The Morgan fingerprint density at radius 3 is 2.79 bits per heavy atom. The number of nitro benzene ring substituents is 1. The average molecular weight is 417 g/mol. The molecule has 144 valence electrons. The van der Waals surface area contributed by atoms with E-state index in [1.807, 2.05) is 29.3 Å². The first-order valence-electron chi connectivity index (χ1n) is 8.77. The molecule has 4 rings (SSSR count). The van der Waals surface area contributed by atoms with Gasteiger partial charge in [0.2, 0.25) is 5.91 Å². The summed E-state index contributed by atoms with van der Waals surface area (Å²) in [5.74, 6) is 1.47. The Morgan fingerprint density at radius 1 is 1.25 bits per heavy atom. The minimum atomic E-state index is -0.414. The smallest absolute Gasteiger partial charge is 0.274 e. The van der Waals surface area contributed by atoms with Gasteiger partial charge in [0, 0.05) is 18.2 Å². The number of hydrogen-bond acceptors (Lipinski definition) is 7. The van der Waals surface area contributed by atoms with Crippen LogP contribution in [-0.2, 0) is 4.79 Å². The van der Waals surface area contributed by atoms with Gasteiger partial charge in [-0.1, -0.05) is 17.8 Å². The van der Waals surface area contributed by atoms with Crippen LogP contribution in [0.1, 0.15) is 0 Å². The SMILES string of the molecule is O=C(CSc1nc2ccc([N+](=O)[O-])cc2s1)N1CCN(c2cccc[nH+]2)CC1. The van der Waals surface area contributed by atoms with Crippen molar-refractivity contribution >= 4 is 50.7 Å². The topological polar surface area (TPSA) is 93.7 Å². The highest BCUT2D eigenvalue weighted by atomic mass is 32.2. The van der Waals surface area contributed by atoms with Gasteiger partial charge in [0.05, 0.1) is 40.2 Å². The first kappa shape index (κ1) is 18.6. The maximum atomic E-state index is 12.5. The van der Waals surface area contributed by atoms with Crippen LogP contribution in [-0.4, -0.2) is 52.6 Å². The van der Waals surface area contributed by atoms with Gasteiger partial charge in [-0.3, -0.25) is 19.8 Å². The summed E-state index contributed by atoms with van der Waals surface area (Å²) in [6, 6.07) is 10.6. The van der Waals surface area contributed by atoms with Crippen LogP contribution in [0, 0.1) is 10.1 Å². The maximum absolute atomic E-state index is 12.5. The zero-order valence-corrected chi connectivity index (χ0v) is 16.5. The monoisotopic (exact) mass is 416 g/mol. The Labute approximate surface area is 169 Å². The third-order valence-electron chi connectivity index (χ3n) is 4.55. The molecular weight excluding hydrogens is 398 g/mol. The van der Waals surface area contributed by atoms with Crippen molar-refractivity contribution in [1.82, 2.24) is 9.88 Å². The summed E-state index contributed by atoms with van der Waals surface area (Å²) in [5.41, 5.74) is 0.774. The zero-order chi connectivity index (χ0) is 19.5. The van der Waals surface area contributed by atoms with Gasteiger partial charge in [-0.15, -0.1) is 11.3 Å². The molecule has 1 aromatic carbocycles. The maximum Gasteiger partial charge on any atom is 0.274 e. The Balaban J connectivity index is 1.32. The molecule has 1 amide bonds. The predicted molar refractivity (Wildman–Crippen MR) is 109 cm³/mol. The summed E-state index contributed by atoms with van der Waals surface area (Å²) in [4.78, 5) is 34.8. The third kappa shape index (κ3) is 4.07. The Kier molecular flexibility index (Phi) is 5.40. The minimum Gasteiger partial charge on any atom is -0.334 e. The standard InChI is InChI=1S/C18H17N5O3S2/c24-17(22-9-7-21(8-10-22)16-3-1-2-6-19-16)12-27-18-20-14-5-4-13(23(25)26)11-15(14)28-18/h1-6,11H,7-10,12H2/p+1. The number of nitro groups is 1. The molecule has 1 fully saturated rings. The van der Waals surface area contributed by atoms with Crippen molar-refractivity contribution in [2.45, 2.75) is 4.34 Å². The summed E-state index contributed by atoms with van der Waals surface area (Å²) in [7, 11) is 0. The molecule has 0 aliphatic carbocycles. The van der Waals surface area contributed by atoms with E-state index in [9.17, 15) is 14.9 Å². The fourth-order valence-corrected chi connectivity index (χ4v) is 5.06. The number of fused-ring (bicyclic) bond motifs is 1. The molecule has 1 aliphatic rings. The second-order valence-electron chi connectivity index (χ2n) is 6.29. The number of piperazine rings is 1. The van der Waals surface area contributed by atoms with Gasteiger partial charge in [-0.2, -0.15) is 0 Å². The van der Waals surface area contributed by atoms with Crippen LogP contribution < -0.4 is 9.88 Å². The van der Waals surface area contributed by atoms with E-state index in [1.165, 1.54) is 35.2 Å². The van der Waals surface area contributed by atoms with Gasteiger partial charge >= 0.3 is 0 Å². The molecule has 1 saturated heterocycles. The second kappa shape index (κ2) is 8.11. The van der Waals surface area contributed by atoms with Crippen molar-refractivity contribution in [3.63, 3.8) is 0 Å². The molecule has 1 N–H and O–H groups in total. The molecule has 0 unspecified atom stereocenters. The fraction of sp³-hybridized carbons (Fsp3) is 0.278. The van der Waals surface area contributed by atoms with E-state index in [1.54, 1.807) is 6.07 Å². The number of anilines is 1. The average Bonchev–Trinajstić information content (AvgIpc) is 3.15. The molecule has 0 spiro atoms. The molecule has 0 bridgehead atoms. The highest BCUT2D eigenvalue weighted by Gasteiger charge is 2.26. The van der Waals surface area contributed by atoms with Gasteiger partial charge in [0.25, 0.3) is 11.5 Å². The molecule has 0 atom stereocenters. The van der Waals surface area contributed by atoms with Gasteiger partial charge in [0.1, 0.15) is 13.1 Å². The number of pyridine rings is 1. The number of thiazole rings is 1. The second-order valence-corrected chi connectivity index (χ2v) is 8.55. The Hall–Kier alpha value is -2.72. The predicted octanol–water partition coefficient (Wildman–Crippen LogP) is 2.46. The number of aromatic nitrogens is 2. The van der Waals surface area contributed by atoms with Crippen LogP contribution >= 0.6 is 23.1 Å². The number of rotatable bonds is 5. The number of benzene rings is 1. The normalized spacial score (nSPS) is 14.4. The van der Waals surface area contributed by atoms with E-state index in [2.05, 4.69) is 14.9 Å².